The third-order valence-electron chi connectivity index (χ3n) is 5.08. The highest BCUT2D eigenvalue weighted by Gasteiger charge is 2.26. The topological polar surface area (TPSA) is 105 Å². The maximum Gasteiger partial charge on any atom is 0.292 e. The molecule has 1 aromatic carbocycles. The Bertz CT molecular complexity index is 772. The average Bonchev–Trinajstić information content (AvgIpc) is 3.19. The van der Waals surface area contributed by atoms with Crippen LogP contribution in [0.1, 0.15) is 19.8 Å². The van der Waals surface area contributed by atoms with E-state index in [0.717, 1.165) is 25.1 Å². The van der Waals surface area contributed by atoms with Gasteiger partial charge >= 0.3 is 0 Å². The summed E-state index contributed by atoms with van der Waals surface area (Å²) in [4.78, 5) is 13.0. The van der Waals surface area contributed by atoms with E-state index in [2.05, 4.69) is 10.2 Å². The van der Waals surface area contributed by atoms with Crippen molar-refractivity contribution in [1.29, 1.82) is 0 Å². The molecule has 0 aromatic heterocycles. The minimum Gasteiger partial charge on any atom is -0.377 e. The first-order valence-electron chi connectivity index (χ1n) is 9.27. The zero-order chi connectivity index (χ0) is 19.4. The maximum atomic E-state index is 12.0. The summed E-state index contributed by atoms with van der Waals surface area (Å²) < 4.78 is 31.1. The molecule has 1 atom stereocenters. The van der Waals surface area contributed by atoms with Crippen LogP contribution < -0.4 is 10.2 Å². The summed E-state index contributed by atoms with van der Waals surface area (Å²) in [6.45, 7) is 4.87. The molecule has 2 aliphatic heterocycles. The molecule has 27 heavy (non-hydrogen) atoms. The Morgan fingerprint density at radius 1 is 1.30 bits per heavy atom. The normalized spacial score (nSPS) is 21.4. The van der Waals surface area contributed by atoms with Gasteiger partial charge in [0.25, 0.3) is 5.69 Å². The number of nitro groups is 1. The maximum absolute atomic E-state index is 12.0. The fourth-order valence-corrected chi connectivity index (χ4v) is 4.54. The Morgan fingerprint density at radius 3 is 2.63 bits per heavy atom. The lowest BCUT2D eigenvalue weighted by molar-refractivity contribution is -0.383. The Balaban J connectivity index is 1.70. The molecule has 0 spiro atoms. The summed E-state index contributed by atoms with van der Waals surface area (Å²) in [7, 11) is -3.18. The molecule has 0 unspecified atom stereocenters. The molecule has 0 radical (unpaired) electrons. The Kier molecular flexibility index (Phi) is 6.18. The van der Waals surface area contributed by atoms with Crippen LogP contribution in [0.4, 0.5) is 17.1 Å². The second-order valence-corrected chi connectivity index (χ2v) is 9.02. The highest BCUT2D eigenvalue weighted by molar-refractivity contribution is 7.89. The number of sulfonamides is 1. The van der Waals surface area contributed by atoms with E-state index in [1.807, 2.05) is 0 Å². The number of hydrogen-bond acceptors (Lipinski definition) is 7. The van der Waals surface area contributed by atoms with Crippen molar-refractivity contribution in [3.8, 4) is 0 Å². The van der Waals surface area contributed by atoms with Gasteiger partial charge in [0, 0.05) is 51.1 Å². The van der Waals surface area contributed by atoms with Gasteiger partial charge in [-0.15, -0.1) is 0 Å². The van der Waals surface area contributed by atoms with Crippen LogP contribution in [-0.4, -0.2) is 68.8 Å². The second-order valence-electron chi connectivity index (χ2n) is 6.76. The predicted octanol–water partition coefficient (Wildman–Crippen LogP) is 1.66. The third kappa shape index (κ3) is 4.69. The number of anilines is 2. The van der Waals surface area contributed by atoms with Crippen LogP contribution in [0.25, 0.3) is 0 Å². The summed E-state index contributed by atoms with van der Waals surface area (Å²) in [6, 6.07) is 5.00. The monoisotopic (exact) mass is 398 g/mol. The van der Waals surface area contributed by atoms with Gasteiger partial charge < -0.3 is 15.0 Å². The largest absolute Gasteiger partial charge is 0.377 e. The summed E-state index contributed by atoms with van der Waals surface area (Å²) in [5, 5.41) is 14.5. The predicted molar refractivity (Wildman–Crippen MR) is 104 cm³/mol. The lowest BCUT2D eigenvalue weighted by atomic mass is 10.2. The lowest BCUT2D eigenvalue weighted by Crippen LogP contribution is -2.49. The molecule has 0 aliphatic carbocycles. The van der Waals surface area contributed by atoms with Gasteiger partial charge in [0.15, 0.2) is 0 Å². The molecule has 2 saturated heterocycles. The number of rotatable bonds is 7. The van der Waals surface area contributed by atoms with E-state index in [0.29, 0.717) is 38.4 Å². The van der Waals surface area contributed by atoms with Crippen LogP contribution >= 0.6 is 0 Å². The minimum absolute atomic E-state index is 0.0314. The molecule has 10 heteroatoms. The van der Waals surface area contributed by atoms with E-state index in [-0.39, 0.29) is 17.5 Å². The smallest absolute Gasteiger partial charge is 0.292 e. The number of nitrogens with one attached hydrogen (secondary N) is 1. The average molecular weight is 398 g/mol. The highest BCUT2D eigenvalue weighted by atomic mass is 32.2. The molecule has 0 bridgehead atoms. The fourth-order valence-electron chi connectivity index (χ4n) is 3.46. The standard InChI is InChI=1S/C17H26N4O5S/c1-2-27(24,25)20-9-7-19(8-10-20)14-5-6-17(21(22)23)16(12-14)18-13-15-4-3-11-26-15/h5-6,12,15,18H,2-4,7-11,13H2,1H3/t15-/m1/s1. The van der Waals surface area contributed by atoms with Crippen LogP contribution in [0.2, 0.25) is 0 Å². The van der Waals surface area contributed by atoms with E-state index >= 15 is 0 Å². The second kappa shape index (κ2) is 8.41. The SMILES string of the molecule is CCS(=O)(=O)N1CCN(c2ccc([N+](=O)[O-])c(NC[C@H]3CCCO3)c2)CC1. The van der Waals surface area contributed by atoms with E-state index < -0.39 is 14.9 Å². The Morgan fingerprint density at radius 2 is 2.04 bits per heavy atom. The van der Waals surface area contributed by atoms with Crippen molar-refractivity contribution in [2.75, 3.05) is 55.3 Å². The fraction of sp³-hybridized carbons (Fsp3) is 0.647. The highest BCUT2D eigenvalue weighted by Crippen LogP contribution is 2.30. The van der Waals surface area contributed by atoms with Crippen LogP contribution in [0.15, 0.2) is 18.2 Å². The van der Waals surface area contributed by atoms with E-state index in [9.17, 15) is 18.5 Å². The van der Waals surface area contributed by atoms with Gasteiger partial charge in [-0.05, 0) is 31.9 Å². The number of hydrogen-bond donors (Lipinski definition) is 1. The number of nitro benzene ring substituents is 1. The summed E-state index contributed by atoms with van der Waals surface area (Å²) in [6.07, 6.45) is 2.05. The molecule has 3 rings (SSSR count). The number of nitrogens with zero attached hydrogens (tertiary/aromatic N) is 3. The summed E-state index contributed by atoms with van der Waals surface area (Å²) >= 11 is 0. The van der Waals surface area contributed by atoms with E-state index in [1.54, 1.807) is 19.1 Å². The van der Waals surface area contributed by atoms with Crippen molar-refractivity contribution >= 4 is 27.1 Å². The number of ether oxygens (including phenoxy) is 1. The summed E-state index contributed by atoms with van der Waals surface area (Å²) in [5.74, 6) is 0.0990. The van der Waals surface area contributed by atoms with Crippen LogP contribution in [0.5, 0.6) is 0 Å². The molecule has 9 nitrogen and oxygen atoms in total. The molecule has 1 aromatic rings. The van der Waals surface area contributed by atoms with E-state index in [4.69, 9.17) is 4.74 Å². The molecular formula is C17H26N4O5S. The van der Waals surface area contributed by atoms with Crippen LogP contribution in [-0.2, 0) is 14.8 Å². The first-order chi connectivity index (χ1) is 12.9. The van der Waals surface area contributed by atoms with Gasteiger partial charge in [-0.2, -0.15) is 4.31 Å². The zero-order valence-electron chi connectivity index (χ0n) is 15.5. The van der Waals surface area contributed by atoms with Crippen molar-refractivity contribution < 1.29 is 18.1 Å². The van der Waals surface area contributed by atoms with Crippen LogP contribution in [0, 0.1) is 10.1 Å². The molecule has 0 amide bonds. The molecule has 0 saturated carbocycles. The molecular weight excluding hydrogens is 372 g/mol. The van der Waals surface area contributed by atoms with Crippen molar-refractivity contribution in [1.82, 2.24) is 4.31 Å². The van der Waals surface area contributed by atoms with Gasteiger partial charge in [0.1, 0.15) is 5.69 Å². The first-order valence-corrected chi connectivity index (χ1v) is 10.9. The Hall–Kier alpha value is -1.91. The van der Waals surface area contributed by atoms with Gasteiger partial charge in [-0.3, -0.25) is 10.1 Å². The van der Waals surface area contributed by atoms with Gasteiger partial charge in [-0.1, -0.05) is 0 Å². The summed E-state index contributed by atoms with van der Waals surface area (Å²) in [5.41, 5.74) is 1.35. The molecule has 2 heterocycles. The quantitative estimate of drug-likeness (QED) is 0.550. The van der Waals surface area contributed by atoms with Crippen molar-refractivity contribution in [3.63, 3.8) is 0 Å². The number of piperazine rings is 1. The van der Waals surface area contributed by atoms with Gasteiger partial charge in [0.05, 0.1) is 16.8 Å². The zero-order valence-corrected chi connectivity index (χ0v) is 16.3. The lowest BCUT2D eigenvalue weighted by Gasteiger charge is -2.35. The first kappa shape index (κ1) is 19.8. The molecule has 1 N–H and O–H groups in total. The van der Waals surface area contributed by atoms with E-state index in [1.165, 1.54) is 10.4 Å². The minimum atomic E-state index is -3.18. The third-order valence-corrected chi connectivity index (χ3v) is 6.96. The molecule has 2 fully saturated rings. The van der Waals surface area contributed by atoms with Crippen molar-refractivity contribution in [3.05, 3.63) is 28.3 Å². The number of benzene rings is 1. The molecule has 2 aliphatic rings. The van der Waals surface area contributed by atoms with Gasteiger partial charge in [-0.25, -0.2) is 8.42 Å². The van der Waals surface area contributed by atoms with Crippen molar-refractivity contribution in [2.45, 2.75) is 25.9 Å². The Labute approximate surface area is 159 Å². The molecule has 150 valence electrons. The van der Waals surface area contributed by atoms with Crippen LogP contribution in [0.3, 0.4) is 0 Å². The van der Waals surface area contributed by atoms with Crippen molar-refractivity contribution in [2.24, 2.45) is 0 Å². The van der Waals surface area contributed by atoms with Gasteiger partial charge in [0.2, 0.25) is 10.0 Å².